The second kappa shape index (κ2) is 9.10. The number of rotatable bonds is 6. The van der Waals surface area contributed by atoms with Crippen molar-refractivity contribution in [3.63, 3.8) is 0 Å². The topological polar surface area (TPSA) is 61.4 Å². The third kappa shape index (κ3) is 5.04. The van der Waals surface area contributed by atoms with Crippen molar-refractivity contribution < 1.29 is 9.18 Å². The first-order valence-corrected chi connectivity index (χ1v) is 9.70. The van der Waals surface area contributed by atoms with Gasteiger partial charge in [-0.05, 0) is 51.1 Å². The van der Waals surface area contributed by atoms with E-state index in [0.29, 0.717) is 18.9 Å². The summed E-state index contributed by atoms with van der Waals surface area (Å²) in [7, 11) is 5.84. The zero-order valence-electron chi connectivity index (χ0n) is 16.8. The molecule has 1 saturated heterocycles. The Bertz CT molecular complexity index is 809. The van der Waals surface area contributed by atoms with Crippen LogP contribution in [-0.4, -0.2) is 53.4 Å². The van der Waals surface area contributed by atoms with Gasteiger partial charge in [0.2, 0.25) is 5.91 Å². The monoisotopic (exact) mass is 385 g/mol. The maximum atomic E-state index is 13.1. The van der Waals surface area contributed by atoms with Crippen LogP contribution in [0.1, 0.15) is 42.4 Å². The van der Waals surface area contributed by atoms with Gasteiger partial charge >= 0.3 is 0 Å². The minimum absolute atomic E-state index is 0.0314. The molecule has 1 N–H and O–H groups in total. The fourth-order valence-electron chi connectivity index (χ4n) is 3.58. The van der Waals surface area contributed by atoms with Crippen LogP contribution in [0.3, 0.4) is 0 Å². The van der Waals surface area contributed by atoms with Crippen LogP contribution in [-0.2, 0) is 17.8 Å². The number of anilines is 1. The molecule has 0 saturated carbocycles. The molecule has 1 unspecified atom stereocenters. The number of halogens is 1. The van der Waals surface area contributed by atoms with Gasteiger partial charge in [0, 0.05) is 26.2 Å². The molecule has 6 nitrogen and oxygen atoms in total. The number of piperidine rings is 1. The van der Waals surface area contributed by atoms with Crippen LogP contribution in [0.4, 0.5) is 10.2 Å². The van der Waals surface area contributed by atoms with Crippen molar-refractivity contribution >= 4 is 11.7 Å². The lowest BCUT2D eigenvalue weighted by molar-refractivity contribution is -0.134. The van der Waals surface area contributed by atoms with Crippen molar-refractivity contribution in [2.75, 3.05) is 33.0 Å². The molecule has 0 bridgehead atoms. The molecule has 1 aromatic heterocycles. The van der Waals surface area contributed by atoms with E-state index in [2.05, 4.69) is 15.2 Å². The Morgan fingerprint density at radius 2 is 2.00 bits per heavy atom. The molecule has 1 aliphatic rings. The van der Waals surface area contributed by atoms with E-state index in [-0.39, 0.29) is 24.2 Å². The molecular formula is C21H28FN5O. The van der Waals surface area contributed by atoms with Crippen molar-refractivity contribution in [3.05, 3.63) is 53.2 Å². The number of nitrogens with zero attached hydrogens (tertiary/aromatic N) is 4. The molecule has 2 heterocycles. The summed E-state index contributed by atoms with van der Waals surface area (Å²) >= 11 is 0. The highest BCUT2D eigenvalue weighted by molar-refractivity contribution is 5.79. The summed E-state index contributed by atoms with van der Waals surface area (Å²) in [5, 5.41) is 3.10. The van der Waals surface area contributed by atoms with Crippen LogP contribution in [0.15, 0.2) is 30.3 Å². The van der Waals surface area contributed by atoms with Crippen molar-refractivity contribution in [3.8, 4) is 0 Å². The van der Waals surface area contributed by atoms with Crippen LogP contribution in [0.25, 0.3) is 0 Å². The molecule has 7 heteroatoms. The summed E-state index contributed by atoms with van der Waals surface area (Å²) in [6, 6.07) is 7.93. The lowest BCUT2D eigenvalue weighted by Gasteiger charge is -2.35. The molecule has 150 valence electrons. The van der Waals surface area contributed by atoms with Crippen molar-refractivity contribution in [1.82, 2.24) is 19.8 Å². The van der Waals surface area contributed by atoms with Crippen molar-refractivity contribution in [2.24, 2.45) is 0 Å². The van der Waals surface area contributed by atoms with E-state index in [0.717, 1.165) is 36.3 Å². The number of hydrogen-bond donors (Lipinski definition) is 1. The quantitative estimate of drug-likeness (QED) is 0.828. The Kier molecular flexibility index (Phi) is 6.57. The van der Waals surface area contributed by atoms with Crippen LogP contribution in [0, 0.1) is 5.82 Å². The summed E-state index contributed by atoms with van der Waals surface area (Å²) in [6.07, 6.45) is 3.12. The number of amides is 1. The summed E-state index contributed by atoms with van der Waals surface area (Å²) in [4.78, 5) is 26.4. The van der Waals surface area contributed by atoms with Gasteiger partial charge in [0.05, 0.1) is 18.2 Å². The zero-order valence-corrected chi connectivity index (χ0v) is 16.8. The maximum absolute atomic E-state index is 13.1. The predicted octanol–water partition coefficient (Wildman–Crippen LogP) is 3.02. The van der Waals surface area contributed by atoms with Gasteiger partial charge in [-0.1, -0.05) is 12.1 Å². The highest BCUT2D eigenvalue weighted by atomic mass is 19.1. The first kappa shape index (κ1) is 20.2. The van der Waals surface area contributed by atoms with Crippen molar-refractivity contribution in [1.29, 1.82) is 0 Å². The Hall–Kier alpha value is -2.54. The SMILES string of the molecule is CNc1cc(CN(C)C)nc(C2CCCCN2C(=O)Cc2ccc(F)cc2)n1. The van der Waals surface area contributed by atoms with E-state index in [4.69, 9.17) is 4.98 Å². The number of benzene rings is 1. The van der Waals surface area contributed by atoms with E-state index in [1.165, 1.54) is 12.1 Å². The largest absolute Gasteiger partial charge is 0.373 e. The summed E-state index contributed by atoms with van der Waals surface area (Å²) in [5.41, 5.74) is 1.74. The number of likely N-dealkylation sites (tertiary alicyclic amines) is 1. The van der Waals surface area contributed by atoms with Gasteiger partial charge in [-0.2, -0.15) is 0 Å². The standard InChI is InChI=1S/C21H28FN5O/c1-23-19-13-17(14-26(2)3)24-21(25-19)18-6-4-5-11-27(18)20(28)12-15-7-9-16(22)10-8-15/h7-10,13,18H,4-6,11-12,14H2,1-3H3,(H,23,24,25). The third-order valence-electron chi connectivity index (χ3n) is 4.92. The van der Waals surface area contributed by atoms with Crippen LogP contribution in [0.5, 0.6) is 0 Å². The zero-order chi connectivity index (χ0) is 20.1. The van der Waals surface area contributed by atoms with E-state index in [9.17, 15) is 9.18 Å². The summed E-state index contributed by atoms with van der Waals surface area (Å²) < 4.78 is 13.1. The molecule has 2 aromatic rings. The van der Waals surface area contributed by atoms with E-state index < -0.39 is 0 Å². The molecule has 28 heavy (non-hydrogen) atoms. The smallest absolute Gasteiger partial charge is 0.227 e. The Labute approximate surface area is 165 Å². The second-order valence-corrected chi connectivity index (χ2v) is 7.49. The van der Waals surface area contributed by atoms with Gasteiger partial charge in [-0.3, -0.25) is 4.79 Å². The fourth-order valence-corrected chi connectivity index (χ4v) is 3.58. The van der Waals surface area contributed by atoms with Crippen molar-refractivity contribution in [2.45, 2.75) is 38.3 Å². The second-order valence-electron chi connectivity index (χ2n) is 7.49. The number of aromatic nitrogens is 2. The number of carbonyl (C=O) groups is 1. The fraction of sp³-hybridized carbons (Fsp3) is 0.476. The molecule has 1 amide bonds. The minimum atomic E-state index is -0.294. The molecule has 1 atom stereocenters. The van der Waals surface area contributed by atoms with Crippen LogP contribution >= 0.6 is 0 Å². The Balaban J connectivity index is 1.84. The molecule has 3 rings (SSSR count). The Morgan fingerprint density at radius 3 is 2.68 bits per heavy atom. The molecular weight excluding hydrogens is 357 g/mol. The lowest BCUT2D eigenvalue weighted by atomic mass is 9.99. The van der Waals surface area contributed by atoms with Gasteiger partial charge in [-0.15, -0.1) is 0 Å². The summed E-state index contributed by atoms with van der Waals surface area (Å²) in [5.74, 6) is 1.19. The molecule has 1 aromatic carbocycles. The van der Waals surface area contributed by atoms with Crippen LogP contribution < -0.4 is 5.32 Å². The normalized spacial score (nSPS) is 17.0. The highest BCUT2D eigenvalue weighted by Gasteiger charge is 2.30. The first-order valence-electron chi connectivity index (χ1n) is 9.70. The highest BCUT2D eigenvalue weighted by Crippen LogP contribution is 2.30. The molecule has 1 aliphatic heterocycles. The van der Waals surface area contributed by atoms with Gasteiger partial charge in [0.25, 0.3) is 0 Å². The van der Waals surface area contributed by atoms with Gasteiger partial charge in [-0.25, -0.2) is 14.4 Å². The average molecular weight is 385 g/mol. The van der Waals surface area contributed by atoms with E-state index in [1.54, 1.807) is 12.1 Å². The molecule has 1 fully saturated rings. The minimum Gasteiger partial charge on any atom is -0.373 e. The van der Waals surface area contributed by atoms with Crippen LogP contribution in [0.2, 0.25) is 0 Å². The number of hydrogen-bond acceptors (Lipinski definition) is 5. The Morgan fingerprint density at radius 1 is 1.25 bits per heavy atom. The first-order chi connectivity index (χ1) is 13.5. The molecule has 0 aliphatic carbocycles. The molecule has 0 spiro atoms. The van der Waals surface area contributed by atoms with Gasteiger partial charge < -0.3 is 15.1 Å². The molecule has 0 radical (unpaired) electrons. The predicted molar refractivity (Wildman–Crippen MR) is 107 cm³/mol. The van der Waals surface area contributed by atoms with Gasteiger partial charge in [0.15, 0.2) is 5.82 Å². The average Bonchev–Trinajstić information content (AvgIpc) is 2.69. The van der Waals surface area contributed by atoms with E-state index >= 15 is 0 Å². The van der Waals surface area contributed by atoms with Gasteiger partial charge in [0.1, 0.15) is 11.6 Å². The summed E-state index contributed by atoms with van der Waals surface area (Å²) in [6.45, 7) is 1.40. The number of nitrogens with one attached hydrogen (secondary N) is 1. The third-order valence-corrected chi connectivity index (χ3v) is 4.92. The van der Waals surface area contributed by atoms with E-state index in [1.807, 2.05) is 32.1 Å². The maximum Gasteiger partial charge on any atom is 0.227 e. The lowest BCUT2D eigenvalue weighted by Crippen LogP contribution is -2.40. The number of carbonyl (C=O) groups excluding carboxylic acids is 1.